The number of hydrogen-bond donors (Lipinski definition) is 1. The lowest BCUT2D eigenvalue weighted by atomic mass is 9.99. The van der Waals surface area contributed by atoms with E-state index in [9.17, 15) is 4.79 Å². The van der Waals surface area contributed by atoms with Gasteiger partial charge in [-0.1, -0.05) is 24.3 Å². The van der Waals surface area contributed by atoms with Crippen molar-refractivity contribution < 1.29 is 9.53 Å². The fourth-order valence-corrected chi connectivity index (χ4v) is 1.90. The largest absolute Gasteiger partial charge is 0.465 e. The molecule has 0 bridgehead atoms. The van der Waals surface area contributed by atoms with Crippen molar-refractivity contribution in [2.24, 2.45) is 0 Å². The van der Waals surface area contributed by atoms with Gasteiger partial charge in [-0.15, -0.1) is 0 Å². The second-order valence-corrected chi connectivity index (χ2v) is 4.15. The first-order valence-electron chi connectivity index (χ1n) is 5.66. The Labute approximate surface area is 106 Å². The summed E-state index contributed by atoms with van der Waals surface area (Å²) in [7, 11) is 1.38. The minimum absolute atomic E-state index is 0.313. The Morgan fingerprint density at radius 1 is 1.11 bits per heavy atom. The Kier molecular flexibility index (Phi) is 3.33. The molecule has 0 spiro atoms. The van der Waals surface area contributed by atoms with E-state index < -0.39 is 0 Å². The summed E-state index contributed by atoms with van der Waals surface area (Å²) in [6.45, 7) is 1.89. The Morgan fingerprint density at radius 2 is 1.83 bits per heavy atom. The Bertz CT molecular complexity index is 591. The zero-order chi connectivity index (χ0) is 13.1. The second-order valence-electron chi connectivity index (χ2n) is 4.15. The Hall–Kier alpha value is -2.29. The molecule has 0 amide bonds. The van der Waals surface area contributed by atoms with Crippen molar-refractivity contribution in [1.82, 2.24) is 0 Å². The number of carbonyl (C=O) groups is 1. The van der Waals surface area contributed by atoms with Crippen molar-refractivity contribution >= 4 is 11.7 Å². The third-order valence-electron chi connectivity index (χ3n) is 2.85. The number of anilines is 1. The normalized spacial score (nSPS) is 10.1. The van der Waals surface area contributed by atoms with E-state index in [4.69, 9.17) is 10.5 Å². The van der Waals surface area contributed by atoms with E-state index in [1.807, 2.05) is 43.3 Å². The van der Waals surface area contributed by atoms with E-state index in [-0.39, 0.29) is 5.97 Å². The highest BCUT2D eigenvalue weighted by atomic mass is 16.5. The van der Waals surface area contributed by atoms with Crippen LogP contribution in [0.25, 0.3) is 11.1 Å². The van der Waals surface area contributed by atoms with Crippen LogP contribution >= 0.6 is 0 Å². The predicted molar refractivity (Wildman–Crippen MR) is 72.4 cm³/mol. The number of nitrogen functional groups attached to an aromatic ring is 1. The summed E-state index contributed by atoms with van der Waals surface area (Å²) >= 11 is 0. The molecular formula is C15H15NO2. The molecule has 0 saturated heterocycles. The summed E-state index contributed by atoms with van der Waals surface area (Å²) < 4.78 is 4.72. The minimum Gasteiger partial charge on any atom is -0.465 e. The lowest BCUT2D eigenvalue weighted by Gasteiger charge is -2.07. The van der Waals surface area contributed by atoms with Crippen molar-refractivity contribution in [3.8, 4) is 11.1 Å². The van der Waals surface area contributed by atoms with Gasteiger partial charge in [0, 0.05) is 5.69 Å². The molecule has 0 aliphatic carbocycles. The SMILES string of the molecule is COC(=O)c1ccc(-c2cccc(N)c2)cc1C. The first-order chi connectivity index (χ1) is 8.61. The van der Waals surface area contributed by atoms with Crippen LogP contribution in [0.15, 0.2) is 42.5 Å². The van der Waals surface area contributed by atoms with E-state index in [0.717, 1.165) is 22.4 Å². The standard InChI is InChI=1S/C15H15NO2/c1-10-8-12(6-7-14(10)15(17)18-2)11-4-3-5-13(16)9-11/h3-9H,16H2,1-2H3. The molecule has 2 rings (SSSR count). The van der Waals surface area contributed by atoms with Crippen LogP contribution in [-0.4, -0.2) is 13.1 Å². The third kappa shape index (κ3) is 2.35. The van der Waals surface area contributed by atoms with Crippen LogP contribution in [0.2, 0.25) is 0 Å². The average Bonchev–Trinajstić information content (AvgIpc) is 2.37. The molecule has 0 unspecified atom stereocenters. The van der Waals surface area contributed by atoms with Crippen LogP contribution in [0.3, 0.4) is 0 Å². The fraction of sp³-hybridized carbons (Fsp3) is 0.133. The van der Waals surface area contributed by atoms with Gasteiger partial charge >= 0.3 is 5.97 Å². The molecule has 3 heteroatoms. The van der Waals surface area contributed by atoms with E-state index in [1.165, 1.54) is 7.11 Å². The fourth-order valence-electron chi connectivity index (χ4n) is 1.90. The van der Waals surface area contributed by atoms with Crippen LogP contribution in [-0.2, 0) is 4.74 Å². The number of benzene rings is 2. The first kappa shape index (κ1) is 12.2. The first-order valence-corrected chi connectivity index (χ1v) is 5.66. The number of nitrogens with two attached hydrogens (primary N) is 1. The van der Waals surface area contributed by atoms with E-state index in [1.54, 1.807) is 6.07 Å². The lowest BCUT2D eigenvalue weighted by molar-refractivity contribution is 0.0600. The van der Waals surface area contributed by atoms with Gasteiger partial charge in [0.2, 0.25) is 0 Å². The molecule has 2 aromatic carbocycles. The zero-order valence-corrected chi connectivity index (χ0v) is 10.4. The monoisotopic (exact) mass is 241 g/mol. The smallest absolute Gasteiger partial charge is 0.338 e. The van der Waals surface area contributed by atoms with E-state index >= 15 is 0 Å². The summed E-state index contributed by atoms with van der Waals surface area (Å²) in [5, 5.41) is 0. The van der Waals surface area contributed by atoms with Crippen LogP contribution in [0.5, 0.6) is 0 Å². The summed E-state index contributed by atoms with van der Waals surface area (Å²) in [5.74, 6) is -0.313. The van der Waals surface area contributed by atoms with Gasteiger partial charge in [-0.2, -0.15) is 0 Å². The molecular weight excluding hydrogens is 226 g/mol. The van der Waals surface area contributed by atoms with Crippen molar-refractivity contribution in [3.63, 3.8) is 0 Å². The van der Waals surface area contributed by atoms with E-state index in [0.29, 0.717) is 5.56 Å². The molecule has 0 heterocycles. The van der Waals surface area contributed by atoms with Gasteiger partial charge in [0.05, 0.1) is 12.7 Å². The van der Waals surface area contributed by atoms with Gasteiger partial charge in [-0.3, -0.25) is 0 Å². The quantitative estimate of drug-likeness (QED) is 0.649. The van der Waals surface area contributed by atoms with Crippen molar-refractivity contribution in [2.45, 2.75) is 6.92 Å². The summed E-state index contributed by atoms with van der Waals surface area (Å²) in [5.41, 5.74) is 10.0. The number of esters is 1. The van der Waals surface area contributed by atoms with Gasteiger partial charge in [-0.05, 0) is 41.8 Å². The minimum atomic E-state index is -0.313. The molecule has 0 aromatic heterocycles. The zero-order valence-electron chi connectivity index (χ0n) is 10.4. The van der Waals surface area contributed by atoms with Crippen molar-refractivity contribution in [1.29, 1.82) is 0 Å². The summed E-state index contributed by atoms with van der Waals surface area (Å²) in [6, 6.07) is 13.3. The summed E-state index contributed by atoms with van der Waals surface area (Å²) in [4.78, 5) is 11.5. The van der Waals surface area contributed by atoms with Crippen LogP contribution in [0, 0.1) is 6.92 Å². The highest BCUT2D eigenvalue weighted by molar-refractivity contribution is 5.91. The molecule has 0 atom stereocenters. The van der Waals surface area contributed by atoms with Gasteiger partial charge < -0.3 is 10.5 Å². The van der Waals surface area contributed by atoms with Crippen LogP contribution in [0.1, 0.15) is 15.9 Å². The van der Waals surface area contributed by atoms with Gasteiger partial charge in [0.15, 0.2) is 0 Å². The van der Waals surface area contributed by atoms with Gasteiger partial charge in [-0.25, -0.2) is 4.79 Å². The number of methoxy groups -OCH3 is 1. The summed E-state index contributed by atoms with van der Waals surface area (Å²) in [6.07, 6.45) is 0. The second kappa shape index (κ2) is 4.92. The number of ether oxygens (including phenoxy) is 1. The molecule has 0 aliphatic rings. The van der Waals surface area contributed by atoms with Crippen molar-refractivity contribution in [2.75, 3.05) is 12.8 Å². The molecule has 0 fully saturated rings. The molecule has 3 nitrogen and oxygen atoms in total. The predicted octanol–water partition coefficient (Wildman–Crippen LogP) is 3.03. The van der Waals surface area contributed by atoms with E-state index in [2.05, 4.69) is 0 Å². The lowest BCUT2D eigenvalue weighted by Crippen LogP contribution is -2.03. The molecule has 0 saturated carbocycles. The maximum atomic E-state index is 11.5. The molecule has 0 radical (unpaired) electrons. The number of aryl methyl sites for hydroxylation is 1. The maximum absolute atomic E-state index is 11.5. The molecule has 0 aliphatic heterocycles. The van der Waals surface area contributed by atoms with Crippen LogP contribution < -0.4 is 5.73 Å². The molecule has 92 valence electrons. The van der Waals surface area contributed by atoms with Crippen molar-refractivity contribution in [3.05, 3.63) is 53.6 Å². The Balaban J connectivity index is 2.43. The van der Waals surface area contributed by atoms with Gasteiger partial charge in [0.1, 0.15) is 0 Å². The maximum Gasteiger partial charge on any atom is 0.338 e. The third-order valence-corrected chi connectivity index (χ3v) is 2.85. The molecule has 2 aromatic rings. The number of carbonyl (C=O) groups excluding carboxylic acids is 1. The highest BCUT2D eigenvalue weighted by Gasteiger charge is 2.09. The topological polar surface area (TPSA) is 52.3 Å². The average molecular weight is 241 g/mol. The van der Waals surface area contributed by atoms with Crippen LogP contribution in [0.4, 0.5) is 5.69 Å². The Morgan fingerprint density at radius 3 is 2.44 bits per heavy atom. The molecule has 18 heavy (non-hydrogen) atoms. The number of rotatable bonds is 2. The number of hydrogen-bond acceptors (Lipinski definition) is 3. The highest BCUT2D eigenvalue weighted by Crippen LogP contribution is 2.24. The molecule has 2 N–H and O–H groups in total. The van der Waals surface area contributed by atoms with Gasteiger partial charge in [0.25, 0.3) is 0 Å².